The number of anilines is 3. The van der Waals surface area contributed by atoms with Crippen molar-refractivity contribution in [3.8, 4) is 17.6 Å². The molecule has 0 unspecified atom stereocenters. The van der Waals surface area contributed by atoms with E-state index in [0.29, 0.717) is 59.6 Å². The zero-order valence-electron chi connectivity index (χ0n) is 20.6. The van der Waals surface area contributed by atoms with Crippen LogP contribution in [0.4, 0.5) is 17.2 Å². The Morgan fingerprint density at radius 2 is 2.00 bits per heavy atom. The average molecular weight is 498 g/mol. The number of aromatic nitrogens is 4. The van der Waals surface area contributed by atoms with Crippen LogP contribution in [0.15, 0.2) is 48.9 Å². The highest BCUT2D eigenvalue weighted by Gasteiger charge is 2.24. The van der Waals surface area contributed by atoms with Gasteiger partial charge in [0, 0.05) is 36.6 Å². The Kier molecular flexibility index (Phi) is 6.20. The summed E-state index contributed by atoms with van der Waals surface area (Å²) in [5.41, 5.74) is 4.10. The lowest BCUT2D eigenvalue weighted by Crippen LogP contribution is -2.36. The molecule has 188 valence electrons. The van der Waals surface area contributed by atoms with Crippen LogP contribution >= 0.6 is 0 Å². The fraction of sp³-hybridized carbons (Fsp3) is 0.333. The highest BCUT2D eigenvalue weighted by atomic mass is 16.5. The molecule has 10 heteroatoms. The first-order chi connectivity index (χ1) is 18.2. The first-order valence-electron chi connectivity index (χ1n) is 12.4. The molecule has 1 aliphatic heterocycles. The number of nitrogens with zero attached hydrogens (tertiary/aromatic N) is 6. The number of fused-ring (bicyclic) bond motifs is 1. The van der Waals surface area contributed by atoms with Gasteiger partial charge in [-0.3, -0.25) is 9.67 Å². The zero-order valence-corrected chi connectivity index (χ0v) is 20.6. The van der Waals surface area contributed by atoms with Crippen molar-refractivity contribution in [1.29, 1.82) is 5.26 Å². The second-order valence-electron chi connectivity index (χ2n) is 9.13. The van der Waals surface area contributed by atoms with Crippen LogP contribution in [0.25, 0.3) is 11.0 Å². The van der Waals surface area contributed by atoms with Gasteiger partial charge in [0.25, 0.3) is 0 Å². The fourth-order valence-electron chi connectivity index (χ4n) is 4.40. The number of nitriles is 1. The zero-order chi connectivity index (χ0) is 25.2. The maximum absolute atomic E-state index is 10.0. The summed E-state index contributed by atoms with van der Waals surface area (Å²) in [5, 5.41) is 17.8. The molecule has 4 aromatic rings. The molecule has 0 amide bonds. The quantitative estimate of drug-likeness (QED) is 0.383. The van der Waals surface area contributed by atoms with E-state index in [1.54, 1.807) is 13.3 Å². The Labute approximate surface area is 214 Å². The van der Waals surface area contributed by atoms with E-state index in [1.165, 1.54) is 12.8 Å². The fourth-order valence-corrected chi connectivity index (χ4v) is 4.40. The van der Waals surface area contributed by atoms with Gasteiger partial charge in [0.2, 0.25) is 0 Å². The second kappa shape index (κ2) is 9.95. The van der Waals surface area contributed by atoms with E-state index >= 15 is 0 Å². The summed E-state index contributed by atoms with van der Waals surface area (Å²) in [5.74, 6) is 1.97. The summed E-state index contributed by atoms with van der Waals surface area (Å²) in [6.07, 6.45) is 8.02. The van der Waals surface area contributed by atoms with Crippen LogP contribution in [0, 0.1) is 11.3 Å². The third kappa shape index (κ3) is 4.86. The normalized spacial score (nSPS) is 15.4. The largest absolute Gasteiger partial charge is 0.493 e. The van der Waals surface area contributed by atoms with Crippen molar-refractivity contribution in [2.75, 3.05) is 43.6 Å². The van der Waals surface area contributed by atoms with Crippen LogP contribution in [0.1, 0.15) is 30.0 Å². The van der Waals surface area contributed by atoms with Gasteiger partial charge in [-0.2, -0.15) is 10.4 Å². The van der Waals surface area contributed by atoms with Crippen LogP contribution in [0.2, 0.25) is 0 Å². The summed E-state index contributed by atoms with van der Waals surface area (Å²) in [7, 11) is 1.61. The van der Waals surface area contributed by atoms with E-state index in [-0.39, 0.29) is 0 Å². The maximum atomic E-state index is 10.0. The Hall–Kier alpha value is -4.36. The molecular formula is C27H27N7O3. The van der Waals surface area contributed by atoms with Crippen molar-refractivity contribution < 1.29 is 14.2 Å². The Morgan fingerprint density at radius 1 is 1.14 bits per heavy atom. The minimum Gasteiger partial charge on any atom is -0.493 e. The average Bonchev–Trinajstić information content (AvgIpc) is 3.69. The number of methoxy groups -OCH3 is 1. The number of nitrogens with one attached hydrogen (secondary N) is 1. The monoisotopic (exact) mass is 497 g/mol. The summed E-state index contributed by atoms with van der Waals surface area (Å²) < 4.78 is 19.1. The van der Waals surface area contributed by atoms with Crippen molar-refractivity contribution in [2.45, 2.75) is 25.5 Å². The lowest BCUT2D eigenvalue weighted by molar-refractivity contribution is 0.122. The second-order valence-corrected chi connectivity index (χ2v) is 9.13. The molecule has 37 heavy (non-hydrogen) atoms. The third-order valence-corrected chi connectivity index (χ3v) is 6.56. The van der Waals surface area contributed by atoms with E-state index in [9.17, 15) is 5.26 Å². The van der Waals surface area contributed by atoms with E-state index < -0.39 is 0 Å². The van der Waals surface area contributed by atoms with Crippen LogP contribution < -0.4 is 19.7 Å². The van der Waals surface area contributed by atoms with Gasteiger partial charge in [0.05, 0.1) is 50.0 Å². The molecule has 0 atom stereocenters. The highest BCUT2D eigenvalue weighted by Crippen LogP contribution is 2.35. The molecule has 1 N–H and O–H groups in total. The lowest BCUT2D eigenvalue weighted by Gasteiger charge is -2.27. The van der Waals surface area contributed by atoms with Gasteiger partial charge in [-0.1, -0.05) is 0 Å². The van der Waals surface area contributed by atoms with Gasteiger partial charge in [-0.05, 0) is 37.1 Å². The van der Waals surface area contributed by atoms with Gasteiger partial charge in [0.15, 0.2) is 11.5 Å². The Morgan fingerprint density at radius 3 is 2.78 bits per heavy atom. The van der Waals surface area contributed by atoms with Crippen molar-refractivity contribution >= 4 is 28.2 Å². The van der Waals surface area contributed by atoms with Crippen LogP contribution in [-0.2, 0) is 11.3 Å². The third-order valence-electron chi connectivity index (χ3n) is 6.56. The number of morpholine rings is 1. The first kappa shape index (κ1) is 23.1. The van der Waals surface area contributed by atoms with Crippen molar-refractivity contribution in [3.63, 3.8) is 0 Å². The van der Waals surface area contributed by atoms with Gasteiger partial charge in [-0.15, -0.1) is 0 Å². The van der Waals surface area contributed by atoms with Crippen LogP contribution in [0.3, 0.4) is 0 Å². The van der Waals surface area contributed by atoms with E-state index in [0.717, 1.165) is 30.2 Å². The summed E-state index contributed by atoms with van der Waals surface area (Å²) in [6.45, 7) is 3.20. The van der Waals surface area contributed by atoms with E-state index in [1.807, 2.05) is 47.4 Å². The molecule has 0 radical (unpaired) electrons. The summed E-state index contributed by atoms with van der Waals surface area (Å²) in [4.78, 5) is 11.5. The van der Waals surface area contributed by atoms with Crippen molar-refractivity contribution in [3.05, 3.63) is 60.0 Å². The smallest absolute Gasteiger partial charge is 0.162 e. The molecule has 2 aromatic carbocycles. The number of benzene rings is 2. The molecule has 1 saturated heterocycles. The maximum Gasteiger partial charge on any atom is 0.162 e. The molecule has 2 fully saturated rings. The topological polar surface area (TPSA) is 110 Å². The molecule has 0 spiro atoms. The van der Waals surface area contributed by atoms with E-state index in [4.69, 9.17) is 19.2 Å². The predicted molar refractivity (Wildman–Crippen MR) is 138 cm³/mol. The number of ether oxygens (including phenoxy) is 3. The molecular weight excluding hydrogens is 470 g/mol. The van der Waals surface area contributed by atoms with Crippen molar-refractivity contribution in [1.82, 2.24) is 19.7 Å². The van der Waals surface area contributed by atoms with Crippen LogP contribution in [0.5, 0.6) is 11.5 Å². The Bertz CT molecular complexity index is 1470. The minimum atomic E-state index is 0.406. The molecule has 1 saturated carbocycles. The molecule has 2 aliphatic rings. The summed E-state index contributed by atoms with van der Waals surface area (Å²) in [6, 6.07) is 12.2. The van der Waals surface area contributed by atoms with Gasteiger partial charge >= 0.3 is 0 Å². The highest BCUT2D eigenvalue weighted by molar-refractivity contribution is 5.89. The lowest BCUT2D eigenvalue weighted by atomic mass is 10.1. The molecule has 2 aromatic heterocycles. The number of hydrogen-bond donors (Lipinski definition) is 1. The molecule has 6 rings (SSSR count). The standard InChI is InChI=1S/C27H27N7O3/c1-35-25-12-19(2-7-24(25)37-17-18-14-30-34(16-18)20-3-4-20)31-22-5-6-23-27(21(22)13-28)32-26(15-29-23)33-8-10-36-11-9-33/h2,5-7,12,14-16,20,31H,3-4,8-11,17H2,1H3. The van der Waals surface area contributed by atoms with Crippen LogP contribution in [-0.4, -0.2) is 53.2 Å². The molecule has 3 heterocycles. The van der Waals surface area contributed by atoms with Crippen molar-refractivity contribution in [2.24, 2.45) is 0 Å². The SMILES string of the molecule is COc1cc(Nc2ccc3ncc(N4CCOCC4)nc3c2C#N)ccc1OCc1cnn(C2CC2)c1. The number of rotatable bonds is 8. The first-order valence-corrected chi connectivity index (χ1v) is 12.4. The van der Waals surface area contributed by atoms with Gasteiger partial charge in [-0.25, -0.2) is 4.98 Å². The summed E-state index contributed by atoms with van der Waals surface area (Å²) >= 11 is 0. The van der Waals surface area contributed by atoms with E-state index in [2.05, 4.69) is 26.4 Å². The van der Waals surface area contributed by atoms with Gasteiger partial charge in [0.1, 0.15) is 29.6 Å². The predicted octanol–water partition coefficient (Wildman–Crippen LogP) is 4.20. The Balaban J connectivity index is 1.22. The van der Waals surface area contributed by atoms with Gasteiger partial charge < -0.3 is 24.4 Å². The molecule has 1 aliphatic carbocycles. The molecule has 0 bridgehead atoms. The molecule has 10 nitrogen and oxygen atoms in total. The minimum absolute atomic E-state index is 0.406. The number of hydrogen-bond acceptors (Lipinski definition) is 9.